The van der Waals surface area contributed by atoms with Crippen LogP contribution in [0.1, 0.15) is 26.3 Å². The predicted molar refractivity (Wildman–Crippen MR) is 81.7 cm³/mol. The fraction of sp³-hybridized carbons (Fsp3) is 0.357. The van der Waals surface area contributed by atoms with Crippen molar-refractivity contribution in [2.45, 2.75) is 25.6 Å². The van der Waals surface area contributed by atoms with Gasteiger partial charge in [0.05, 0.1) is 7.11 Å². The summed E-state index contributed by atoms with van der Waals surface area (Å²) in [7, 11) is 1.59. The lowest BCUT2D eigenvalue weighted by Gasteiger charge is -2.31. The minimum Gasteiger partial charge on any atom is -0.497 e. The Morgan fingerprint density at radius 2 is 2.10 bits per heavy atom. The van der Waals surface area contributed by atoms with E-state index in [1.165, 1.54) is 30.6 Å². The first-order valence-corrected chi connectivity index (χ1v) is 7.19. The minimum atomic E-state index is -0.724. The van der Waals surface area contributed by atoms with Crippen LogP contribution in [0, 0.1) is 0 Å². The maximum absolute atomic E-state index is 11.9. The van der Waals surface area contributed by atoms with E-state index in [0.717, 1.165) is 5.56 Å². The second kappa shape index (κ2) is 5.77. The first-order chi connectivity index (χ1) is 9.86. The highest BCUT2D eigenvalue weighted by molar-refractivity contribution is 8.14. The topological polar surface area (TPSA) is 71.0 Å². The van der Waals surface area contributed by atoms with E-state index >= 15 is 0 Å². The lowest BCUT2D eigenvalue weighted by atomic mass is 10.1. The Morgan fingerprint density at radius 3 is 2.67 bits per heavy atom. The number of carbonyl (C=O) groups excluding carboxylic acids is 2. The van der Waals surface area contributed by atoms with E-state index in [2.05, 4.69) is 10.4 Å². The summed E-state index contributed by atoms with van der Waals surface area (Å²) in [6, 6.07) is 7.45. The van der Waals surface area contributed by atoms with Crippen LogP contribution < -0.4 is 10.1 Å². The summed E-state index contributed by atoms with van der Waals surface area (Å²) in [6.07, 6.45) is 0. The highest BCUT2D eigenvalue weighted by Gasteiger charge is 2.44. The second-order valence-electron chi connectivity index (χ2n) is 4.73. The monoisotopic (exact) mass is 307 g/mol. The van der Waals surface area contributed by atoms with E-state index in [1.54, 1.807) is 7.11 Å². The van der Waals surface area contributed by atoms with Gasteiger partial charge in [-0.3, -0.25) is 9.59 Å². The molecule has 7 heteroatoms. The van der Waals surface area contributed by atoms with Crippen molar-refractivity contribution in [2.75, 3.05) is 7.11 Å². The summed E-state index contributed by atoms with van der Waals surface area (Å²) >= 11 is 1.32. The number of amides is 2. The standard InChI is InChI=1S/C14H17N3O3S/c1-9(18)15-13-16-17(10(2)19)14(3,21-13)11-6-5-7-12(8-11)20-4/h5-8H,1-4H3,(H,15,16,18)/t14-/m1/s1. The molecule has 1 heterocycles. The third kappa shape index (κ3) is 3.02. The number of methoxy groups -OCH3 is 1. The van der Waals surface area contributed by atoms with Crippen molar-refractivity contribution in [3.63, 3.8) is 0 Å². The van der Waals surface area contributed by atoms with Gasteiger partial charge in [-0.2, -0.15) is 0 Å². The second-order valence-corrected chi connectivity index (χ2v) is 6.12. The molecule has 1 aliphatic rings. The molecule has 1 N–H and O–H groups in total. The summed E-state index contributed by atoms with van der Waals surface area (Å²) in [5.74, 6) is 0.277. The van der Waals surface area contributed by atoms with Crippen LogP contribution in [-0.2, 0) is 14.5 Å². The molecule has 2 amide bonds. The van der Waals surface area contributed by atoms with E-state index < -0.39 is 4.87 Å². The molecule has 6 nitrogen and oxygen atoms in total. The van der Waals surface area contributed by atoms with Crippen LogP contribution in [0.4, 0.5) is 0 Å². The van der Waals surface area contributed by atoms with Gasteiger partial charge in [0.2, 0.25) is 11.8 Å². The Balaban J connectivity index is 2.40. The molecule has 0 radical (unpaired) electrons. The number of hydrogen-bond acceptors (Lipinski definition) is 5. The maximum atomic E-state index is 11.9. The third-order valence-corrected chi connectivity index (χ3v) is 4.26. The van der Waals surface area contributed by atoms with Crippen molar-refractivity contribution in [1.82, 2.24) is 10.3 Å². The van der Waals surface area contributed by atoms with Gasteiger partial charge in [-0.15, -0.1) is 5.10 Å². The smallest absolute Gasteiger partial charge is 0.241 e. The van der Waals surface area contributed by atoms with E-state index in [9.17, 15) is 9.59 Å². The molecule has 112 valence electrons. The van der Waals surface area contributed by atoms with Crippen molar-refractivity contribution in [3.05, 3.63) is 29.8 Å². The molecule has 0 spiro atoms. The number of benzene rings is 1. The fourth-order valence-electron chi connectivity index (χ4n) is 2.10. The van der Waals surface area contributed by atoms with Gasteiger partial charge < -0.3 is 10.1 Å². The van der Waals surface area contributed by atoms with Crippen LogP contribution in [0.2, 0.25) is 0 Å². The van der Waals surface area contributed by atoms with Crippen LogP contribution in [0.15, 0.2) is 29.4 Å². The normalized spacial score (nSPS) is 21.0. The van der Waals surface area contributed by atoms with Crippen LogP contribution >= 0.6 is 11.8 Å². The van der Waals surface area contributed by atoms with Crippen molar-refractivity contribution >= 4 is 28.7 Å². The average molecular weight is 307 g/mol. The summed E-state index contributed by atoms with van der Waals surface area (Å²) in [5, 5.41) is 8.61. The number of amidine groups is 1. The predicted octanol–water partition coefficient (Wildman–Crippen LogP) is 1.87. The number of nitrogens with one attached hydrogen (secondary N) is 1. The van der Waals surface area contributed by atoms with Crippen molar-refractivity contribution in [3.8, 4) is 5.75 Å². The number of carbonyl (C=O) groups is 2. The van der Waals surface area contributed by atoms with E-state index in [1.807, 2.05) is 31.2 Å². The molecule has 1 atom stereocenters. The minimum absolute atomic E-state index is 0.201. The van der Waals surface area contributed by atoms with Gasteiger partial charge in [-0.25, -0.2) is 5.01 Å². The van der Waals surface area contributed by atoms with Crippen LogP contribution in [0.3, 0.4) is 0 Å². The van der Waals surface area contributed by atoms with E-state index in [-0.39, 0.29) is 11.8 Å². The van der Waals surface area contributed by atoms with Gasteiger partial charge in [0, 0.05) is 13.8 Å². The number of thioether (sulfide) groups is 1. The highest BCUT2D eigenvalue weighted by atomic mass is 32.2. The Hall–Kier alpha value is -2.02. The summed E-state index contributed by atoms with van der Waals surface area (Å²) < 4.78 is 5.23. The van der Waals surface area contributed by atoms with Crippen LogP contribution in [0.5, 0.6) is 5.75 Å². The van der Waals surface area contributed by atoms with Crippen molar-refractivity contribution in [2.24, 2.45) is 5.10 Å². The zero-order valence-electron chi connectivity index (χ0n) is 12.3. The molecular weight excluding hydrogens is 290 g/mol. The number of ether oxygens (including phenoxy) is 1. The first kappa shape index (κ1) is 15.4. The number of hydrogen-bond donors (Lipinski definition) is 1. The van der Waals surface area contributed by atoms with Gasteiger partial charge in [-0.1, -0.05) is 23.9 Å². The molecule has 0 unspecified atom stereocenters. The first-order valence-electron chi connectivity index (χ1n) is 6.37. The zero-order chi connectivity index (χ0) is 15.6. The molecule has 1 aliphatic heterocycles. The Labute approximate surface area is 127 Å². The Morgan fingerprint density at radius 1 is 1.38 bits per heavy atom. The van der Waals surface area contributed by atoms with Gasteiger partial charge in [0.15, 0.2) is 5.17 Å². The summed E-state index contributed by atoms with van der Waals surface area (Å²) in [6.45, 7) is 4.73. The lowest BCUT2D eigenvalue weighted by molar-refractivity contribution is -0.131. The van der Waals surface area contributed by atoms with Crippen molar-refractivity contribution < 1.29 is 14.3 Å². The van der Waals surface area contributed by atoms with Gasteiger partial charge in [0.1, 0.15) is 10.6 Å². The molecule has 1 aromatic rings. The average Bonchev–Trinajstić information content (AvgIpc) is 2.76. The molecule has 2 rings (SSSR count). The molecule has 0 saturated heterocycles. The SMILES string of the molecule is COc1cccc([C@@]2(C)SC(NC(C)=O)=NN2C(C)=O)c1. The maximum Gasteiger partial charge on any atom is 0.241 e. The largest absolute Gasteiger partial charge is 0.497 e. The van der Waals surface area contributed by atoms with Crippen LogP contribution in [-0.4, -0.2) is 29.1 Å². The number of nitrogens with zero attached hydrogens (tertiary/aromatic N) is 2. The third-order valence-electron chi connectivity index (χ3n) is 3.08. The molecular formula is C14H17N3O3S. The summed E-state index contributed by atoms with van der Waals surface area (Å²) in [4.78, 5) is 22.4. The van der Waals surface area contributed by atoms with Crippen LogP contribution in [0.25, 0.3) is 0 Å². The Kier molecular flexibility index (Phi) is 4.22. The van der Waals surface area contributed by atoms with Gasteiger partial charge in [0.25, 0.3) is 0 Å². The van der Waals surface area contributed by atoms with E-state index in [4.69, 9.17) is 4.74 Å². The zero-order valence-corrected chi connectivity index (χ0v) is 13.2. The van der Waals surface area contributed by atoms with E-state index in [0.29, 0.717) is 10.9 Å². The molecule has 0 saturated carbocycles. The highest BCUT2D eigenvalue weighted by Crippen LogP contribution is 2.45. The molecule has 0 bridgehead atoms. The molecule has 1 aromatic carbocycles. The van der Waals surface area contributed by atoms with Crippen molar-refractivity contribution in [1.29, 1.82) is 0 Å². The molecule has 0 aliphatic carbocycles. The summed E-state index contributed by atoms with van der Waals surface area (Å²) in [5.41, 5.74) is 0.867. The van der Waals surface area contributed by atoms with Gasteiger partial charge in [-0.05, 0) is 24.6 Å². The molecule has 0 fully saturated rings. The quantitative estimate of drug-likeness (QED) is 0.905. The van der Waals surface area contributed by atoms with Gasteiger partial charge >= 0.3 is 0 Å². The number of hydrazone groups is 1. The fourth-order valence-corrected chi connectivity index (χ4v) is 3.30. The Bertz CT molecular complexity index is 617. The lowest BCUT2D eigenvalue weighted by Crippen LogP contribution is -2.37. The molecule has 21 heavy (non-hydrogen) atoms. The molecule has 0 aromatic heterocycles. The number of rotatable bonds is 2.